The second-order valence-electron chi connectivity index (χ2n) is 6.13. The molecule has 108 valence electrons. The van der Waals surface area contributed by atoms with E-state index in [-0.39, 0.29) is 6.03 Å². The van der Waals surface area contributed by atoms with E-state index >= 15 is 0 Å². The summed E-state index contributed by atoms with van der Waals surface area (Å²) in [6.45, 7) is 3.90. The van der Waals surface area contributed by atoms with E-state index in [2.05, 4.69) is 12.2 Å². The molecule has 2 aliphatic rings. The van der Waals surface area contributed by atoms with Gasteiger partial charge in [-0.2, -0.15) is 0 Å². The predicted molar refractivity (Wildman–Crippen MR) is 81.1 cm³/mol. The summed E-state index contributed by atoms with van der Waals surface area (Å²) in [6, 6.07) is 0.0150. The first-order valence-electron chi connectivity index (χ1n) is 7.40. The molecule has 0 aromatic carbocycles. The smallest absolute Gasteiger partial charge is 0.318 e. The fourth-order valence-electron chi connectivity index (χ4n) is 3.25. The number of thiocarbonyl (C=S) groups is 1. The molecular weight excluding hydrogens is 258 g/mol. The van der Waals surface area contributed by atoms with Crippen molar-refractivity contribution in [2.24, 2.45) is 11.7 Å². The molecule has 2 amide bonds. The molecule has 19 heavy (non-hydrogen) atoms. The topological polar surface area (TPSA) is 58.4 Å². The Morgan fingerprint density at radius 1 is 1.32 bits per heavy atom. The molecular formula is C14H25N3OS. The number of hydrogen-bond acceptors (Lipinski definition) is 2. The molecule has 1 unspecified atom stereocenters. The number of hydrogen-bond donors (Lipinski definition) is 2. The summed E-state index contributed by atoms with van der Waals surface area (Å²) in [7, 11) is 0. The van der Waals surface area contributed by atoms with Gasteiger partial charge in [-0.05, 0) is 31.6 Å². The van der Waals surface area contributed by atoms with Gasteiger partial charge in [-0.15, -0.1) is 0 Å². The van der Waals surface area contributed by atoms with Gasteiger partial charge in [0.05, 0.1) is 10.5 Å². The summed E-state index contributed by atoms with van der Waals surface area (Å²) in [5.74, 6) is 0.589. The lowest BCUT2D eigenvalue weighted by atomic mass is 9.81. The molecule has 3 N–H and O–H groups in total. The molecule has 0 spiro atoms. The number of likely N-dealkylation sites (tertiary alicyclic amines) is 1. The van der Waals surface area contributed by atoms with Gasteiger partial charge in [0.1, 0.15) is 0 Å². The predicted octanol–water partition coefficient (Wildman–Crippen LogP) is 2.42. The molecule has 2 rings (SSSR count). The Kier molecular flexibility index (Phi) is 4.66. The number of amides is 2. The summed E-state index contributed by atoms with van der Waals surface area (Å²) >= 11 is 5.22. The van der Waals surface area contributed by atoms with Crippen LogP contribution in [0.1, 0.15) is 51.9 Å². The summed E-state index contributed by atoms with van der Waals surface area (Å²) < 4.78 is 0. The normalized spacial score (nSPS) is 26.8. The maximum atomic E-state index is 12.4. The van der Waals surface area contributed by atoms with Gasteiger partial charge in [-0.25, -0.2) is 4.79 Å². The number of nitrogens with two attached hydrogens (primary N) is 1. The van der Waals surface area contributed by atoms with Crippen molar-refractivity contribution in [1.82, 2.24) is 10.2 Å². The first-order chi connectivity index (χ1) is 9.03. The van der Waals surface area contributed by atoms with Crippen LogP contribution in [0.3, 0.4) is 0 Å². The molecule has 1 atom stereocenters. The second kappa shape index (κ2) is 6.07. The summed E-state index contributed by atoms with van der Waals surface area (Å²) in [4.78, 5) is 14.8. The van der Waals surface area contributed by atoms with Crippen molar-refractivity contribution in [3.8, 4) is 0 Å². The van der Waals surface area contributed by atoms with Gasteiger partial charge in [0.25, 0.3) is 0 Å². The van der Waals surface area contributed by atoms with Crippen LogP contribution in [0.5, 0.6) is 0 Å². The van der Waals surface area contributed by atoms with Gasteiger partial charge in [0.2, 0.25) is 0 Å². The minimum atomic E-state index is -0.439. The Morgan fingerprint density at radius 3 is 2.58 bits per heavy atom. The van der Waals surface area contributed by atoms with Crippen LogP contribution in [0.2, 0.25) is 0 Å². The average molecular weight is 283 g/mol. The van der Waals surface area contributed by atoms with E-state index in [9.17, 15) is 4.79 Å². The fourth-order valence-corrected chi connectivity index (χ4v) is 3.50. The number of piperidine rings is 1. The van der Waals surface area contributed by atoms with Crippen molar-refractivity contribution in [3.05, 3.63) is 0 Å². The molecule has 1 aliphatic heterocycles. The molecule has 1 saturated heterocycles. The third-order valence-corrected chi connectivity index (χ3v) is 4.86. The maximum Gasteiger partial charge on any atom is 0.318 e. The van der Waals surface area contributed by atoms with E-state index in [0.717, 1.165) is 45.2 Å². The lowest BCUT2D eigenvalue weighted by Gasteiger charge is -2.40. The van der Waals surface area contributed by atoms with Crippen LogP contribution in [-0.2, 0) is 0 Å². The van der Waals surface area contributed by atoms with Crippen LogP contribution in [-0.4, -0.2) is 34.5 Å². The van der Waals surface area contributed by atoms with E-state index in [1.54, 1.807) is 0 Å². The highest BCUT2D eigenvalue weighted by molar-refractivity contribution is 7.80. The minimum Gasteiger partial charge on any atom is -0.391 e. The number of nitrogens with one attached hydrogen (secondary N) is 1. The van der Waals surface area contributed by atoms with Gasteiger partial charge in [0.15, 0.2) is 0 Å². The second-order valence-corrected chi connectivity index (χ2v) is 6.57. The highest BCUT2D eigenvalue weighted by Crippen LogP contribution is 2.29. The van der Waals surface area contributed by atoms with E-state index < -0.39 is 5.54 Å². The first-order valence-corrected chi connectivity index (χ1v) is 7.81. The van der Waals surface area contributed by atoms with E-state index in [1.165, 1.54) is 12.8 Å². The molecule has 0 aromatic heterocycles. The monoisotopic (exact) mass is 283 g/mol. The van der Waals surface area contributed by atoms with Crippen molar-refractivity contribution >= 4 is 23.2 Å². The lowest BCUT2D eigenvalue weighted by molar-refractivity contribution is 0.158. The molecule has 2 fully saturated rings. The van der Waals surface area contributed by atoms with Crippen molar-refractivity contribution in [3.63, 3.8) is 0 Å². The van der Waals surface area contributed by atoms with E-state index in [1.807, 2.05) is 4.90 Å². The molecule has 4 nitrogen and oxygen atoms in total. The molecule has 0 radical (unpaired) electrons. The van der Waals surface area contributed by atoms with Crippen LogP contribution < -0.4 is 11.1 Å². The van der Waals surface area contributed by atoms with Crippen LogP contribution in [0.4, 0.5) is 4.79 Å². The van der Waals surface area contributed by atoms with Gasteiger partial charge in [-0.1, -0.05) is 38.4 Å². The zero-order valence-corrected chi connectivity index (χ0v) is 12.6. The van der Waals surface area contributed by atoms with Gasteiger partial charge < -0.3 is 16.0 Å². The fraction of sp³-hybridized carbons (Fsp3) is 0.857. The molecule has 1 heterocycles. The zero-order valence-electron chi connectivity index (χ0n) is 11.8. The molecule has 0 aromatic rings. The lowest BCUT2D eigenvalue weighted by Crippen LogP contribution is -2.61. The third-order valence-electron chi connectivity index (χ3n) is 4.47. The van der Waals surface area contributed by atoms with Crippen molar-refractivity contribution < 1.29 is 4.79 Å². The molecule has 1 aliphatic carbocycles. The van der Waals surface area contributed by atoms with Crippen LogP contribution in [0, 0.1) is 5.92 Å². The largest absolute Gasteiger partial charge is 0.391 e. The molecule has 0 bridgehead atoms. The third kappa shape index (κ3) is 3.38. The first kappa shape index (κ1) is 14.6. The maximum absolute atomic E-state index is 12.4. The van der Waals surface area contributed by atoms with E-state index in [4.69, 9.17) is 18.0 Å². The quantitative estimate of drug-likeness (QED) is 0.765. The Balaban J connectivity index is 2.00. The highest BCUT2D eigenvalue weighted by Gasteiger charge is 2.38. The Hall–Kier alpha value is -0.840. The van der Waals surface area contributed by atoms with Gasteiger partial charge in [0, 0.05) is 13.1 Å². The minimum absolute atomic E-state index is 0.0150. The van der Waals surface area contributed by atoms with Gasteiger partial charge in [-0.3, -0.25) is 0 Å². The zero-order chi connectivity index (χ0) is 13.9. The Morgan fingerprint density at radius 2 is 2.00 bits per heavy atom. The van der Waals surface area contributed by atoms with Gasteiger partial charge >= 0.3 is 6.03 Å². The summed E-state index contributed by atoms with van der Waals surface area (Å²) in [6.07, 6.45) is 7.47. The highest BCUT2D eigenvalue weighted by atomic mass is 32.1. The number of nitrogens with zero attached hydrogens (tertiary/aromatic N) is 1. The van der Waals surface area contributed by atoms with Crippen molar-refractivity contribution in [1.29, 1.82) is 0 Å². The van der Waals surface area contributed by atoms with E-state index in [0.29, 0.717) is 10.9 Å². The number of urea groups is 1. The Bertz CT molecular complexity index is 353. The van der Waals surface area contributed by atoms with Crippen LogP contribution in [0.25, 0.3) is 0 Å². The number of carbonyl (C=O) groups excluding carboxylic acids is 1. The van der Waals surface area contributed by atoms with Crippen molar-refractivity contribution in [2.45, 2.75) is 57.4 Å². The van der Waals surface area contributed by atoms with Crippen LogP contribution >= 0.6 is 12.2 Å². The molecule has 5 heteroatoms. The van der Waals surface area contributed by atoms with Crippen molar-refractivity contribution in [2.75, 3.05) is 13.1 Å². The summed E-state index contributed by atoms with van der Waals surface area (Å²) in [5.41, 5.74) is 5.47. The number of rotatable bonds is 2. The summed E-state index contributed by atoms with van der Waals surface area (Å²) in [5, 5.41) is 3.14. The standard InChI is InChI=1S/C14H25N3OS/c1-11-6-5-9-17(10-11)13(18)16-14(12(15)19)7-3-2-4-8-14/h11H,2-10H2,1H3,(H2,15,19)(H,16,18). The average Bonchev–Trinajstić information content (AvgIpc) is 2.39. The van der Waals surface area contributed by atoms with Crippen LogP contribution in [0.15, 0.2) is 0 Å². The Labute approximate surface area is 121 Å². The number of carbonyl (C=O) groups is 1. The SMILES string of the molecule is CC1CCCN(C(=O)NC2(C(N)=S)CCCCC2)C1. The molecule has 1 saturated carbocycles.